The first-order valence-electron chi connectivity index (χ1n) is 11.1. The van der Waals surface area contributed by atoms with E-state index >= 15 is 0 Å². The van der Waals surface area contributed by atoms with Gasteiger partial charge in [-0.25, -0.2) is 0 Å². The van der Waals surface area contributed by atoms with E-state index in [1.807, 2.05) is 23.1 Å². The van der Waals surface area contributed by atoms with Gasteiger partial charge in [0.05, 0.1) is 10.0 Å². The SMILES string of the molecule is O=C1CCC(c2ccc(Cl)c(Cl)c2)CN1CCN1CCC(Cc2ccccc2)CC1. The van der Waals surface area contributed by atoms with E-state index in [0.29, 0.717) is 22.4 Å². The fourth-order valence-corrected chi connectivity index (χ4v) is 5.10. The minimum Gasteiger partial charge on any atom is -0.341 e. The molecule has 2 aliphatic heterocycles. The van der Waals surface area contributed by atoms with Crippen LogP contribution in [0, 0.1) is 5.92 Å². The van der Waals surface area contributed by atoms with Crippen LogP contribution in [-0.2, 0) is 11.2 Å². The Morgan fingerprint density at radius 1 is 0.900 bits per heavy atom. The first-order chi connectivity index (χ1) is 14.6. The zero-order chi connectivity index (χ0) is 20.9. The van der Waals surface area contributed by atoms with Crippen molar-refractivity contribution >= 4 is 29.1 Å². The summed E-state index contributed by atoms with van der Waals surface area (Å²) >= 11 is 12.3. The Labute approximate surface area is 190 Å². The molecule has 2 aliphatic rings. The first-order valence-corrected chi connectivity index (χ1v) is 11.8. The van der Waals surface area contributed by atoms with Crippen molar-refractivity contribution in [2.45, 2.75) is 38.0 Å². The van der Waals surface area contributed by atoms with Gasteiger partial charge in [0.2, 0.25) is 5.91 Å². The molecular formula is C25H30Cl2N2O. The molecule has 2 aromatic carbocycles. The lowest BCUT2D eigenvalue weighted by Crippen LogP contribution is -2.45. The summed E-state index contributed by atoms with van der Waals surface area (Å²) in [5.74, 6) is 1.40. The quantitative estimate of drug-likeness (QED) is 0.573. The van der Waals surface area contributed by atoms with Crippen LogP contribution in [0.15, 0.2) is 48.5 Å². The summed E-state index contributed by atoms with van der Waals surface area (Å²) in [4.78, 5) is 17.1. The number of hydrogen-bond acceptors (Lipinski definition) is 2. The largest absolute Gasteiger partial charge is 0.341 e. The minimum atomic E-state index is 0.283. The van der Waals surface area contributed by atoms with Crippen LogP contribution in [0.3, 0.4) is 0 Å². The molecule has 2 saturated heterocycles. The maximum Gasteiger partial charge on any atom is 0.222 e. The number of nitrogens with zero attached hydrogens (tertiary/aromatic N) is 2. The second-order valence-corrected chi connectivity index (χ2v) is 9.54. The Morgan fingerprint density at radius 2 is 1.67 bits per heavy atom. The summed E-state index contributed by atoms with van der Waals surface area (Å²) in [5.41, 5.74) is 2.63. The molecule has 0 bridgehead atoms. The number of carbonyl (C=O) groups is 1. The number of carbonyl (C=O) groups excluding carboxylic acids is 1. The fraction of sp³-hybridized carbons (Fsp3) is 0.480. The number of likely N-dealkylation sites (tertiary alicyclic amines) is 2. The van der Waals surface area contributed by atoms with E-state index in [0.717, 1.165) is 45.1 Å². The van der Waals surface area contributed by atoms with E-state index in [1.165, 1.54) is 30.4 Å². The third kappa shape index (κ3) is 5.57. The first kappa shape index (κ1) is 21.7. The van der Waals surface area contributed by atoms with Gasteiger partial charge in [-0.05, 0) is 68.0 Å². The van der Waals surface area contributed by atoms with E-state index in [9.17, 15) is 4.79 Å². The Balaban J connectivity index is 1.25. The molecule has 5 heteroatoms. The molecule has 0 radical (unpaired) electrons. The number of hydrogen-bond donors (Lipinski definition) is 0. The van der Waals surface area contributed by atoms with Crippen LogP contribution in [0.4, 0.5) is 0 Å². The highest BCUT2D eigenvalue weighted by Gasteiger charge is 2.28. The monoisotopic (exact) mass is 444 g/mol. The zero-order valence-electron chi connectivity index (χ0n) is 17.4. The fourth-order valence-electron chi connectivity index (χ4n) is 4.79. The van der Waals surface area contributed by atoms with Crippen LogP contribution in [0.5, 0.6) is 0 Å². The van der Waals surface area contributed by atoms with Crippen molar-refractivity contribution < 1.29 is 4.79 Å². The van der Waals surface area contributed by atoms with E-state index < -0.39 is 0 Å². The molecule has 2 fully saturated rings. The van der Waals surface area contributed by atoms with E-state index in [1.54, 1.807) is 0 Å². The summed E-state index contributed by atoms with van der Waals surface area (Å²) in [6, 6.07) is 16.7. The van der Waals surface area contributed by atoms with Crippen molar-refractivity contribution in [1.82, 2.24) is 9.80 Å². The molecule has 0 saturated carbocycles. The number of piperidine rings is 2. The van der Waals surface area contributed by atoms with Crippen LogP contribution < -0.4 is 0 Å². The summed E-state index contributed by atoms with van der Waals surface area (Å²) in [6.45, 7) is 4.84. The van der Waals surface area contributed by atoms with Gasteiger partial charge in [-0.15, -0.1) is 0 Å². The molecule has 1 amide bonds. The zero-order valence-corrected chi connectivity index (χ0v) is 18.9. The molecule has 2 aromatic rings. The van der Waals surface area contributed by atoms with Gasteiger partial charge in [-0.3, -0.25) is 4.79 Å². The summed E-state index contributed by atoms with van der Waals surface area (Å²) < 4.78 is 0. The molecule has 0 N–H and O–H groups in total. The second-order valence-electron chi connectivity index (χ2n) is 8.72. The molecular weight excluding hydrogens is 415 g/mol. The molecule has 4 rings (SSSR count). The van der Waals surface area contributed by atoms with Crippen molar-refractivity contribution in [2.24, 2.45) is 5.92 Å². The van der Waals surface area contributed by atoms with Gasteiger partial charge in [0.25, 0.3) is 0 Å². The molecule has 1 unspecified atom stereocenters. The predicted octanol–water partition coefficient (Wildman–Crippen LogP) is 5.65. The molecule has 0 spiro atoms. The van der Waals surface area contributed by atoms with Gasteiger partial charge in [-0.1, -0.05) is 59.6 Å². The number of benzene rings is 2. The van der Waals surface area contributed by atoms with Crippen LogP contribution in [-0.4, -0.2) is 48.4 Å². The Bertz CT molecular complexity index is 849. The van der Waals surface area contributed by atoms with Gasteiger partial charge < -0.3 is 9.80 Å². The van der Waals surface area contributed by atoms with E-state index in [-0.39, 0.29) is 5.91 Å². The number of halogens is 2. The van der Waals surface area contributed by atoms with Crippen molar-refractivity contribution in [3.05, 3.63) is 69.7 Å². The van der Waals surface area contributed by atoms with Gasteiger partial charge >= 0.3 is 0 Å². The smallest absolute Gasteiger partial charge is 0.222 e. The molecule has 30 heavy (non-hydrogen) atoms. The molecule has 0 aromatic heterocycles. The van der Waals surface area contributed by atoms with E-state index in [2.05, 4.69) is 35.2 Å². The molecule has 0 aliphatic carbocycles. The standard InChI is InChI=1S/C25H30Cl2N2O/c26-23-8-6-21(17-24(23)27)22-7-9-25(30)29(18-22)15-14-28-12-10-20(11-13-28)16-19-4-2-1-3-5-19/h1-6,8,17,20,22H,7,9-16,18H2. The van der Waals surface area contributed by atoms with Crippen molar-refractivity contribution in [3.63, 3.8) is 0 Å². The second kappa shape index (κ2) is 10.2. The van der Waals surface area contributed by atoms with Gasteiger partial charge in [-0.2, -0.15) is 0 Å². The average molecular weight is 445 g/mol. The lowest BCUT2D eigenvalue weighted by Gasteiger charge is -2.36. The summed E-state index contributed by atoms with van der Waals surface area (Å²) in [6.07, 6.45) is 5.18. The maximum atomic E-state index is 12.5. The molecule has 2 heterocycles. The number of rotatable bonds is 6. The minimum absolute atomic E-state index is 0.283. The Morgan fingerprint density at radius 3 is 2.40 bits per heavy atom. The number of amides is 1. The Kier molecular flexibility index (Phi) is 7.35. The average Bonchev–Trinajstić information content (AvgIpc) is 2.77. The Hall–Kier alpha value is -1.55. The maximum absolute atomic E-state index is 12.5. The van der Waals surface area contributed by atoms with Gasteiger partial charge in [0, 0.05) is 32.0 Å². The summed E-state index contributed by atoms with van der Waals surface area (Å²) in [5, 5.41) is 1.18. The normalized spacial score (nSPS) is 21.2. The highest BCUT2D eigenvalue weighted by molar-refractivity contribution is 6.42. The molecule has 1 atom stereocenters. The van der Waals surface area contributed by atoms with Crippen LogP contribution in [0.2, 0.25) is 10.0 Å². The van der Waals surface area contributed by atoms with Crippen molar-refractivity contribution in [1.29, 1.82) is 0 Å². The lowest BCUT2D eigenvalue weighted by atomic mass is 9.89. The van der Waals surface area contributed by atoms with Crippen molar-refractivity contribution in [3.8, 4) is 0 Å². The highest BCUT2D eigenvalue weighted by atomic mass is 35.5. The van der Waals surface area contributed by atoms with Gasteiger partial charge in [0.15, 0.2) is 0 Å². The van der Waals surface area contributed by atoms with Crippen LogP contribution >= 0.6 is 23.2 Å². The van der Waals surface area contributed by atoms with Gasteiger partial charge in [0.1, 0.15) is 0 Å². The predicted molar refractivity (Wildman–Crippen MR) is 124 cm³/mol. The molecule has 3 nitrogen and oxygen atoms in total. The van der Waals surface area contributed by atoms with Crippen molar-refractivity contribution in [2.75, 3.05) is 32.7 Å². The third-order valence-corrected chi connectivity index (χ3v) is 7.41. The van der Waals surface area contributed by atoms with Crippen LogP contribution in [0.1, 0.15) is 42.7 Å². The van der Waals surface area contributed by atoms with E-state index in [4.69, 9.17) is 23.2 Å². The topological polar surface area (TPSA) is 23.6 Å². The summed E-state index contributed by atoms with van der Waals surface area (Å²) in [7, 11) is 0. The molecule has 160 valence electrons. The lowest BCUT2D eigenvalue weighted by molar-refractivity contribution is -0.134. The third-order valence-electron chi connectivity index (χ3n) is 6.68. The highest BCUT2D eigenvalue weighted by Crippen LogP contribution is 2.32. The van der Waals surface area contributed by atoms with Crippen LogP contribution in [0.25, 0.3) is 0 Å².